The Balaban J connectivity index is 1.86. The van der Waals surface area contributed by atoms with Crippen LogP contribution in [0.15, 0.2) is 24.3 Å². The molecule has 0 spiro atoms. The van der Waals surface area contributed by atoms with E-state index < -0.39 is 12.0 Å². The molecule has 3 rings (SSSR count). The number of hydrogen-bond acceptors (Lipinski definition) is 4. The van der Waals surface area contributed by atoms with E-state index in [4.69, 9.17) is 0 Å². The van der Waals surface area contributed by atoms with Crippen LogP contribution in [0.2, 0.25) is 0 Å². The van der Waals surface area contributed by atoms with E-state index in [1.807, 2.05) is 0 Å². The predicted molar refractivity (Wildman–Crippen MR) is 87.9 cm³/mol. The van der Waals surface area contributed by atoms with Crippen LogP contribution in [0.4, 0.5) is 19.0 Å². The maximum absolute atomic E-state index is 13.1. The van der Waals surface area contributed by atoms with Crippen molar-refractivity contribution in [3.8, 4) is 0 Å². The van der Waals surface area contributed by atoms with Gasteiger partial charge >= 0.3 is 6.18 Å². The number of piperidine rings is 1. The van der Waals surface area contributed by atoms with Crippen molar-refractivity contribution in [2.24, 2.45) is 0 Å². The molecule has 0 bridgehead atoms. The molecular formula is C17H21F3N4. The lowest BCUT2D eigenvalue weighted by atomic mass is 10.0. The zero-order chi connectivity index (χ0) is 17.3. The van der Waals surface area contributed by atoms with Crippen molar-refractivity contribution in [3.05, 3.63) is 30.1 Å². The zero-order valence-electron chi connectivity index (χ0n) is 13.8. The third-order valence-electron chi connectivity index (χ3n) is 4.46. The van der Waals surface area contributed by atoms with Crippen LogP contribution in [0.25, 0.3) is 10.9 Å². The Kier molecular flexibility index (Phi) is 4.62. The number of nitrogens with zero attached hydrogens (tertiary/aromatic N) is 3. The number of likely N-dealkylation sites (tertiary alicyclic amines) is 1. The molecule has 1 fully saturated rings. The second-order valence-corrected chi connectivity index (χ2v) is 6.46. The molecule has 24 heavy (non-hydrogen) atoms. The van der Waals surface area contributed by atoms with Gasteiger partial charge in [0.1, 0.15) is 5.82 Å². The lowest BCUT2D eigenvalue weighted by molar-refractivity contribution is -0.144. The highest BCUT2D eigenvalue weighted by molar-refractivity contribution is 5.89. The monoisotopic (exact) mass is 338 g/mol. The Hall–Kier alpha value is -1.89. The molecule has 1 aliphatic heterocycles. The minimum absolute atomic E-state index is 0.124. The van der Waals surface area contributed by atoms with Gasteiger partial charge in [0.25, 0.3) is 0 Å². The maximum atomic E-state index is 13.1. The number of hydrogen-bond donors (Lipinski definition) is 1. The fraction of sp³-hybridized carbons (Fsp3) is 0.529. The van der Waals surface area contributed by atoms with Crippen molar-refractivity contribution in [1.29, 1.82) is 0 Å². The molecule has 0 aliphatic carbocycles. The first-order valence-corrected chi connectivity index (χ1v) is 8.19. The Morgan fingerprint density at radius 3 is 2.42 bits per heavy atom. The number of para-hydroxylation sites is 1. The van der Waals surface area contributed by atoms with Gasteiger partial charge in [0.2, 0.25) is 5.82 Å². The third-order valence-corrected chi connectivity index (χ3v) is 4.46. The minimum Gasteiger partial charge on any atom is -0.367 e. The largest absolute Gasteiger partial charge is 0.451 e. The SMILES string of the molecule is CC(C)N1CCC(Nc2nc(C(F)(F)F)nc3ccccc23)CC1. The van der Waals surface area contributed by atoms with Gasteiger partial charge in [-0.1, -0.05) is 12.1 Å². The number of benzene rings is 1. The first kappa shape index (κ1) is 17.0. The lowest BCUT2D eigenvalue weighted by Gasteiger charge is -2.35. The molecule has 0 radical (unpaired) electrons. The van der Waals surface area contributed by atoms with E-state index in [1.54, 1.807) is 24.3 Å². The highest BCUT2D eigenvalue weighted by Gasteiger charge is 2.35. The summed E-state index contributed by atoms with van der Waals surface area (Å²) < 4.78 is 39.2. The summed E-state index contributed by atoms with van der Waals surface area (Å²) in [6.45, 7) is 6.18. The second kappa shape index (κ2) is 6.55. The summed E-state index contributed by atoms with van der Waals surface area (Å²) in [5.74, 6) is -0.820. The van der Waals surface area contributed by atoms with E-state index in [0.717, 1.165) is 25.9 Å². The van der Waals surface area contributed by atoms with Gasteiger partial charge in [-0.3, -0.25) is 0 Å². The first-order valence-electron chi connectivity index (χ1n) is 8.19. The summed E-state index contributed by atoms with van der Waals surface area (Å²) in [6, 6.07) is 7.41. The van der Waals surface area contributed by atoms with Gasteiger partial charge in [-0.25, -0.2) is 9.97 Å². The minimum atomic E-state index is -4.55. The Morgan fingerprint density at radius 2 is 1.79 bits per heavy atom. The first-order chi connectivity index (χ1) is 11.3. The smallest absolute Gasteiger partial charge is 0.367 e. The number of alkyl halides is 3. The number of anilines is 1. The van der Waals surface area contributed by atoms with Gasteiger partial charge in [-0.2, -0.15) is 13.2 Å². The molecule has 1 aromatic heterocycles. The van der Waals surface area contributed by atoms with E-state index in [1.165, 1.54) is 0 Å². The zero-order valence-corrected chi connectivity index (χ0v) is 13.8. The summed E-state index contributed by atoms with van der Waals surface area (Å²) in [5, 5.41) is 3.84. The molecule has 0 unspecified atom stereocenters. The quantitative estimate of drug-likeness (QED) is 0.920. The number of rotatable bonds is 3. The van der Waals surface area contributed by atoms with Crippen molar-refractivity contribution in [1.82, 2.24) is 14.9 Å². The Labute approximate surface area is 139 Å². The van der Waals surface area contributed by atoms with Gasteiger partial charge in [-0.05, 0) is 38.8 Å². The highest BCUT2D eigenvalue weighted by Crippen LogP contribution is 2.31. The Morgan fingerprint density at radius 1 is 1.12 bits per heavy atom. The molecule has 2 heterocycles. The van der Waals surface area contributed by atoms with E-state index >= 15 is 0 Å². The highest BCUT2D eigenvalue weighted by atomic mass is 19.4. The van der Waals surface area contributed by atoms with Crippen molar-refractivity contribution in [3.63, 3.8) is 0 Å². The molecule has 130 valence electrons. The predicted octanol–water partition coefficient (Wildman–Crippen LogP) is 3.93. The number of nitrogens with one attached hydrogen (secondary N) is 1. The summed E-state index contributed by atoms with van der Waals surface area (Å²) in [4.78, 5) is 9.78. The van der Waals surface area contributed by atoms with E-state index in [9.17, 15) is 13.2 Å². The van der Waals surface area contributed by atoms with Crippen LogP contribution in [-0.2, 0) is 6.18 Å². The van der Waals surface area contributed by atoms with Crippen LogP contribution in [0, 0.1) is 0 Å². The molecule has 4 nitrogen and oxygen atoms in total. The van der Waals surface area contributed by atoms with Crippen LogP contribution < -0.4 is 5.32 Å². The molecule has 0 saturated carbocycles. The van der Waals surface area contributed by atoms with Crippen molar-refractivity contribution in [2.75, 3.05) is 18.4 Å². The van der Waals surface area contributed by atoms with Crippen molar-refractivity contribution >= 4 is 16.7 Å². The summed E-state index contributed by atoms with van der Waals surface area (Å²) in [7, 11) is 0. The van der Waals surface area contributed by atoms with E-state index in [0.29, 0.717) is 16.9 Å². The van der Waals surface area contributed by atoms with Gasteiger partial charge in [-0.15, -0.1) is 0 Å². The van der Waals surface area contributed by atoms with Crippen LogP contribution in [-0.4, -0.2) is 40.0 Å². The standard InChI is InChI=1S/C17H21F3N4/c1-11(2)24-9-7-12(8-10-24)21-15-13-5-3-4-6-14(13)22-16(23-15)17(18,19)20/h3-6,11-12H,7-10H2,1-2H3,(H,21,22,23). The number of aromatic nitrogens is 2. The van der Waals surface area contributed by atoms with Crippen molar-refractivity contribution < 1.29 is 13.2 Å². The summed E-state index contributed by atoms with van der Waals surface area (Å²) >= 11 is 0. The fourth-order valence-electron chi connectivity index (χ4n) is 3.07. The molecule has 1 saturated heterocycles. The summed E-state index contributed by atoms with van der Waals surface area (Å²) in [5.41, 5.74) is 0.307. The number of halogens is 3. The van der Waals surface area contributed by atoms with Crippen LogP contribution in [0.1, 0.15) is 32.5 Å². The fourth-order valence-corrected chi connectivity index (χ4v) is 3.07. The van der Waals surface area contributed by atoms with Gasteiger partial charge in [0.05, 0.1) is 5.52 Å². The third kappa shape index (κ3) is 3.61. The molecule has 2 aromatic rings. The van der Waals surface area contributed by atoms with Crippen LogP contribution >= 0.6 is 0 Å². The topological polar surface area (TPSA) is 41.0 Å². The molecule has 1 aliphatic rings. The normalized spacial score (nSPS) is 17.6. The molecule has 1 N–H and O–H groups in total. The molecular weight excluding hydrogens is 317 g/mol. The second-order valence-electron chi connectivity index (χ2n) is 6.46. The van der Waals surface area contributed by atoms with E-state index in [-0.39, 0.29) is 11.9 Å². The molecule has 1 aromatic carbocycles. The van der Waals surface area contributed by atoms with Crippen LogP contribution in [0.5, 0.6) is 0 Å². The molecule has 0 amide bonds. The maximum Gasteiger partial charge on any atom is 0.451 e. The lowest BCUT2D eigenvalue weighted by Crippen LogP contribution is -2.42. The Bertz CT molecular complexity index is 707. The number of fused-ring (bicyclic) bond motifs is 1. The molecule has 7 heteroatoms. The van der Waals surface area contributed by atoms with Crippen LogP contribution in [0.3, 0.4) is 0 Å². The average molecular weight is 338 g/mol. The summed E-state index contributed by atoms with van der Waals surface area (Å²) in [6.07, 6.45) is -2.78. The average Bonchev–Trinajstić information content (AvgIpc) is 2.54. The molecule has 0 atom stereocenters. The van der Waals surface area contributed by atoms with Gasteiger partial charge < -0.3 is 10.2 Å². The van der Waals surface area contributed by atoms with Crippen molar-refractivity contribution in [2.45, 2.75) is 44.9 Å². The van der Waals surface area contributed by atoms with E-state index in [2.05, 4.69) is 34.0 Å². The van der Waals surface area contributed by atoms with Gasteiger partial charge in [0.15, 0.2) is 0 Å². The van der Waals surface area contributed by atoms with Gasteiger partial charge in [0, 0.05) is 30.6 Å².